The third-order valence-electron chi connectivity index (χ3n) is 5.17. The fourth-order valence-electron chi connectivity index (χ4n) is 3.61. The summed E-state index contributed by atoms with van der Waals surface area (Å²) in [5, 5.41) is 4.80. The lowest BCUT2D eigenvalue weighted by molar-refractivity contribution is -0.135. The van der Waals surface area contributed by atoms with Gasteiger partial charge < -0.3 is 20.3 Å². The van der Waals surface area contributed by atoms with Gasteiger partial charge in [0.15, 0.2) is 23.3 Å². The molecule has 36 heavy (non-hydrogen) atoms. The molecule has 0 unspecified atom stereocenters. The molecule has 12 heteroatoms. The first kappa shape index (κ1) is 26.9. The second-order valence-electron chi connectivity index (χ2n) is 9.33. The Morgan fingerprint density at radius 3 is 2.25 bits per heavy atom. The highest BCUT2D eigenvalue weighted by Crippen LogP contribution is 2.25. The van der Waals surface area contributed by atoms with Gasteiger partial charge in [0.25, 0.3) is 0 Å². The van der Waals surface area contributed by atoms with Gasteiger partial charge in [-0.25, -0.2) is 26.7 Å². The topological polar surface area (TPSA) is 87.7 Å². The van der Waals surface area contributed by atoms with Gasteiger partial charge in [-0.15, -0.1) is 0 Å². The zero-order chi connectivity index (χ0) is 26.8. The van der Waals surface area contributed by atoms with E-state index in [-0.39, 0.29) is 23.4 Å². The molecule has 0 saturated heterocycles. The number of nitrogens with zero attached hydrogens (tertiary/aromatic N) is 1. The molecule has 1 atom stereocenters. The summed E-state index contributed by atoms with van der Waals surface area (Å²) in [6.07, 6.45) is -1.85. The van der Waals surface area contributed by atoms with Gasteiger partial charge in [0, 0.05) is 36.8 Å². The van der Waals surface area contributed by atoms with Crippen LogP contribution in [0, 0.1) is 29.1 Å². The van der Waals surface area contributed by atoms with Gasteiger partial charge in [0.1, 0.15) is 18.0 Å². The fourth-order valence-corrected chi connectivity index (χ4v) is 3.61. The average molecular weight is 513 g/mol. The van der Waals surface area contributed by atoms with Crippen LogP contribution < -0.4 is 10.6 Å². The van der Waals surface area contributed by atoms with Crippen LogP contribution in [-0.2, 0) is 27.3 Å². The average Bonchev–Trinajstić information content (AvgIpc) is 2.88. The summed E-state index contributed by atoms with van der Waals surface area (Å²) in [4.78, 5) is 38.7. The molecule has 0 saturated carbocycles. The second-order valence-corrected chi connectivity index (χ2v) is 9.33. The van der Waals surface area contributed by atoms with Crippen molar-refractivity contribution < 1.29 is 41.1 Å². The number of rotatable bonds is 5. The van der Waals surface area contributed by atoms with E-state index in [1.807, 2.05) is 0 Å². The lowest BCUT2D eigenvalue weighted by atomic mass is 10.0. The Morgan fingerprint density at radius 2 is 1.58 bits per heavy atom. The van der Waals surface area contributed by atoms with Gasteiger partial charge in [-0.3, -0.25) is 9.59 Å². The summed E-state index contributed by atoms with van der Waals surface area (Å²) in [6, 6.07) is 1.47. The first-order chi connectivity index (χ1) is 16.7. The quantitative estimate of drug-likeness (QED) is 0.464. The maximum atomic E-state index is 14.3. The van der Waals surface area contributed by atoms with E-state index in [1.54, 1.807) is 20.8 Å². The van der Waals surface area contributed by atoms with Crippen LogP contribution in [0.15, 0.2) is 24.3 Å². The molecule has 1 aliphatic rings. The molecule has 3 rings (SSSR count). The number of amides is 3. The van der Waals surface area contributed by atoms with Crippen molar-refractivity contribution in [2.75, 3.05) is 11.9 Å². The van der Waals surface area contributed by atoms with Crippen molar-refractivity contribution in [2.24, 2.45) is 0 Å². The number of carbonyl (C=O) groups is 3. The Kier molecular flexibility index (Phi) is 7.85. The number of anilines is 1. The number of hydrogen-bond acceptors (Lipinski definition) is 4. The molecule has 1 aliphatic heterocycles. The molecule has 0 radical (unpaired) electrons. The first-order valence-corrected chi connectivity index (χ1v) is 10.9. The number of alkyl carbamates (subject to hydrolysis) is 1. The SMILES string of the molecule is CC(C)(C)OC(=O)N[C@@H](CC(=O)N1CC(=O)Nc2cc(F)c(F)cc2C1)Cc1cc(F)c(F)cc1F. The van der Waals surface area contributed by atoms with E-state index in [1.165, 1.54) is 0 Å². The molecule has 0 spiro atoms. The Balaban J connectivity index is 1.84. The number of fused-ring (bicyclic) bond motifs is 1. The summed E-state index contributed by atoms with van der Waals surface area (Å²) in [5.74, 6) is -7.52. The van der Waals surface area contributed by atoms with Crippen LogP contribution in [-0.4, -0.2) is 41.0 Å². The molecule has 194 valence electrons. The molecule has 0 fully saturated rings. The summed E-state index contributed by atoms with van der Waals surface area (Å²) in [6.45, 7) is 4.06. The number of nitrogens with one attached hydrogen (secondary N) is 2. The normalized spacial score (nSPS) is 14.4. The van der Waals surface area contributed by atoms with Gasteiger partial charge in [-0.1, -0.05) is 0 Å². The highest BCUT2D eigenvalue weighted by atomic mass is 19.2. The monoisotopic (exact) mass is 513 g/mol. The minimum absolute atomic E-state index is 0.00138. The molecular weight excluding hydrogens is 489 g/mol. The van der Waals surface area contributed by atoms with E-state index in [0.717, 1.165) is 17.0 Å². The van der Waals surface area contributed by atoms with Gasteiger partial charge in [-0.05, 0) is 50.5 Å². The van der Waals surface area contributed by atoms with Crippen molar-refractivity contribution in [3.63, 3.8) is 0 Å². The summed E-state index contributed by atoms with van der Waals surface area (Å²) >= 11 is 0. The van der Waals surface area contributed by atoms with E-state index in [4.69, 9.17) is 4.74 Å². The molecule has 1 heterocycles. The molecule has 2 N–H and O–H groups in total. The van der Waals surface area contributed by atoms with Gasteiger partial charge in [0.05, 0.1) is 0 Å². The minimum Gasteiger partial charge on any atom is -0.444 e. The van der Waals surface area contributed by atoms with E-state index in [9.17, 15) is 36.3 Å². The summed E-state index contributed by atoms with van der Waals surface area (Å²) in [5.41, 5.74) is -1.07. The van der Waals surface area contributed by atoms with Crippen LogP contribution >= 0.6 is 0 Å². The number of ether oxygens (including phenoxy) is 1. The van der Waals surface area contributed by atoms with Gasteiger partial charge >= 0.3 is 6.09 Å². The van der Waals surface area contributed by atoms with Crippen molar-refractivity contribution in [2.45, 2.75) is 51.8 Å². The van der Waals surface area contributed by atoms with Crippen molar-refractivity contribution in [1.82, 2.24) is 10.2 Å². The molecular formula is C24H24F5N3O4. The van der Waals surface area contributed by atoms with Crippen LogP contribution in [0.25, 0.3) is 0 Å². The Morgan fingerprint density at radius 1 is 0.972 bits per heavy atom. The Hall–Kier alpha value is -3.70. The number of carbonyl (C=O) groups excluding carboxylic acids is 3. The van der Waals surface area contributed by atoms with E-state index >= 15 is 0 Å². The van der Waals surface area contributed by atoms with Crippen LogP contribution in [0.3, 0.4) is 0 Å². The predicted molar refractivity (Wildman–Crippen MR) is 118 cm³/mol. The maximum absolute atomic E-state index is 14.3. The predicted octanol–water partition coefficient (Wildman–Crippen LogP) is 4.19. The van der Waals surface area contributed by atoms with Gasteiger partial charge in [0.2, 0.25) is 11.8 Å². The van der Waals surface area contributed by atoms with Crippen molar-refractivity contribution >= 4 is 23.6 Å². The van der Waals surface area contributed by atoms with E-state index in [2.05, 4.69) is 10.6 Å². The number of halogens is 5. The molecule has 0 aromatic heterocycles. The van der Waals surface area contributed by atoms with Crippen molar-refractivity contribution in [3.8, 4) is 0 Å². The second kappa shape index (κ2) is 10.5. The van der Waals surface area contributed by atoms with E-state index < -0.39 is 78.0 Å². The molecule has 2 aromatic carbocycles. The highest BCUT2D eigenvalue weighted by Gasteiger charge is 2.29. The number of benzene rings is 2. The standard InChI is InChI=1S/C24H24F5N3O4/c1-24(2,3)36-23(35)30-14(4-12-5-16(26)18(28)8-15(12)25)7-22(34)32-10-13-6-17(27)19(29)9-20(13)31-21(33)11-32/h5-6,8-9,14H,4,7,10-11H2,1-3H3,(H,30,35)(H,31,33)/t14-/m1/s1. The zero-order valence-corrected chi connectivity index (χ0v) is 19.7. The highest BCUT2D eigenvalue weighted by molar-refractivity contribution is 5.96. The van der Waals surface area contributed by atoms with Crippen LogP contribution in [0.2, 0.25) is 0 Å². The van der Waals surface area contributed by atoms with Crippen molar-refractivity contribution in [1.29, 1.82) is 0 Å². The summed E-state index contributed by atoms with van der Waals surface area (Å²) in [7, 11) is 0. The molecule has 2 aromatic rings. The molecule has 3 amide bonds. The fraction of sp³-hybridized carbons (Fsp3) is 0.375. The number of hydrogen-bond donors (Lipinski definition) is 2. The third-order valence-corrected chi connectivity index (χ3v) is 5.17. The summed E-state index contributed by atoms with van der Waals surface area (Å²) < 4.78 is 73.8. The van der Waals surface area contributed by atoms with Gasteiger partial charge in [-0.2, -0.15) is 0 Å². The van der Waals surface area contributed by atoms with Crippen molar-refractivity contribution in [3.05, 3.63) is 64.5 Å². The van der Waals surface area contributed by atoms with Crippen LogP contribution in [0.4, 0.5) is 32.4 Å². The van der Waals surface area contributed by atoms with Crippen LogP contribution in [0.5, 0.6) is 0 Å². The van der Waals surface area contributed by atoms with E-state index in [0.29, 0.717) is 12.1 Å². The smallest absolute Gasteiger partial charge is 0.407 e. The lowest BCUT2D eigenvalue weighted by Gasteiger charge is -2.26. The third kappa shape index (κ3) is 6.92. The maximum Gasteiger partial charge on any atom is 0.407 e. The first-order valence-electron chi connectivity index (χ1n) is 10.9. The molecule has 7 nitrogen and oxygen atoms in total. The Bertz CT molecular complexity index is 1200. The lowest BCUT2D eigenvalue weighted by Crippen LogP contribution is -2.44. The largest absolute Gasteiger partial charge is 0.444 e. The molecule has 0 aliphatic carbocycles. The molecule has 0 bridgehead atoms. The Labute approximate surface area is 203 Å². The van der Waals surface area contributed by atoms with Crippen LogP contribution in [0.1, 0.15) is 38.3 Å². The zero-order valence-electron chi connectivity index (χ0n) is 19.7. The minimum atomic E-state index is -1.40.